The zero-order valence-corrected chi connectivity index (χ0v) is 14.8. The average Bonchev–Trinajstić information content (AvgIpc) is 3.23. The lowest BCUT2D eigenvalue weighted by molar-refractivity contribution is 0.0787. The predicted octanol–water partition coefficient (Wildman–Crippen LogP) is 3.14. The van der Waals surface area contributed by atoms with Crippen molar-refractivity contribution < 1.29 is 9.21 Å². The zero-order valence-electron chi connectivity index (χ0n) is 14.8. The van der Waals surface area contributed by atoms with Gasteiger partial charge in [-0.1, -0.05) is 0 Å². The van der Waals surface area contributed by atoms with Gasteiger partial charge in [-0.3, -0.25) is 4.79 Å². The molecule has 128 valence electrons. The fraction of sp³-hybridized carbons (Fsp3) is 0.579. The highest BCUT2D eigenvalue weighted by Gasteiger charge is 2.34. The third-order valence-electron chi connectivity index (χ3n) is 5.43. The summed E-state index contributed by atoms with van der Waals surface area (Å²) in [7, 11) is 2.04. The molecule has 0 spiro atoms. The van der Waals surface area contributed by atoms with Gasteiger partial charge >= 0.3 is 0 Å². The number of imidazole rings is 1. The number of amides is 1. The second kappa shape index (κ2) is 5.80. The lowest BCUT2D eigenvalue weighted by Crippen LogP contribution is -2.30. The van der Waals surface area contributed by atoms with Gasteiger partial charge in [0.25, 0.3) is 5.91 Å². The van der Waals surface area contributed by atoms with E-state index in [4.69, 9.17) is 4.42 Å². The Morgan fingerprint density at radius 3 is 2.83 bits per heavy atom. The molecular weight excluding hydrogens is 302 g/mol. The molecule has 1 aliphatic carbocycles. The van der Waals surface area contributed by atoms with Crippen LogP contribution in [0.2, 0.25) is 0 Å². The van der Waals surface area contributed by atoms with Gasteiger partial charge in [0.15, 0.2) is 0 Å². The first kappa shape index (κ1) is 15.5. The molecule has 1 amide bonds. The van der Waals surface area contributed by atoms with Crippen molar-refractivity contribution in [1.29, 1.82) is 0 Å². The summed E-state index contributed by atoms with van der Waals surface area (Å²) in [5.74, 6) is 3.40. The van der Waals surface area contributed by atoms with E-state index < -0.39 is 0 Å². The Bertz CT molecular complexity index is 787. The molecule has 1 atom stereocenters. The molecule has 1 saturated heterocycles. The van der Waals surface area contributed by atoms with Crippen molar-refractivity contribution >= 4 is 5.91 Å². The first-order valence-electron chi connectivity index (χ1n) is 8.95. The van der Waals surface area contributed by atoms with Crippen molar-refractivity contribution in [3.05, 3.63) is 40.4 Å². The van der Waals surface area contributed by atoms with Crippen molar-refractivity contribution in [2.75, 3.05) is 13.1 Å². The fourth-order valence-electron chi connectivity index (χ4n) is 4.31. The van der Waals surface area contributed by atoms with Gasteiger partial charge in [0, 0.05) is 44.2 Å². The average molecular weight is 327 g/mol. The van der Waals surface area contributed by atoms with Crippen molar-refractivity contribution in [2.45, 2.75) is 51.9 Å². The minimum Gasteiger partial charge on any atom is -0.465 e. The van der Waals surface area contributed by atoms with Gasteiger partial charge in [0.1, 0.15) is 17.3 Å². The lowest BCUT2D eigenvalue weighted by Gasteiger charge is -2.18. The number of rotatable bonds is 2. The van der Waals surface area contributed by atoms with E-state index in [9.17, 15) is 4.79 Å². The summed E-state index contributed by atoms with van der Waals surface area (Å²) in [5, 5.41) is 0. The molecule has 0 radical (unpaired) electrons. The molecule has 0 aromatic carbocycles. The van der Waals surface area contributed by atoms with Gasteiger partial charge in [-0.25, -0.2) is 4.98 Å². The van der Waals surface area contributed by atoms with E-state index in [2.05, 4.69) is 15.7 Å². The maximum absolute atomic E-state index is 13.1. The molecule has 4 rings (SSSR count). The van der Waals surface area contributed by atoms with E-state index in [1.54, 1.807) is 0 Å². The number of furan rings is 1. The standard InChI is InChI=1S/C19H25N3O2/c1-12-10-21(3)18(20-12)14-8-9-22(11-14)19(23)17-13(2)24-16-7-5-4-6-15(16)17/h10,14H,4-9,11H2,1-3H3/t14-/m1/s1. The number of hydrogen-bond acceptors (Lipinski definition) is 3. The van der Waals surface area contributed by atoms with E-state index in [1.807, 2.05) is 25.8 Å². The number of aryl methyl sites for hydroxylation is 4. The van der Waals surface area contributed by atoms with Gasteiger partial charge in [0.2, 0.25) is 0 Å². The molecule has 3 heterocycles. The lowest BCUT2D eigenvalue weighted by atomic mass is 9.94. The number of likely N-dealkylation sites (tertiary alicyclic amines) is 1. The van der Waals surface area contributed by atoms with Crippen LogP contribution >= 0.6 is 0 Å². The summed E-state index contributed by atoms with van der Waals surface area (Å²) in [6.07, 6.45) is 7.30. The molecule has 2 aromatic heterocycles. The van der Waals surface area contributed by atoms with Crippen LogP contribution in [-0.2, 0) is 19.9 Å². The van der Waals surface area contributed by atoms with Crippen LogP contribution in [0, 0.1) is 13.8 Å². The van der Waals surface area contributed by atoms with E-state index >= 15 is 0 Å². The van der Waals surface area contributed by atoms with Crippen LogP contribution in [0.25, 0.3) is 0 Å². The fourth-order valence-corrected chi connectivity index (χ4v) is 4.31. The van der Waals surface area contributed by atoms with Gasteiger partial charge in [-0.05, 0) is 39.5 Å². The number of hydrogen-bond donors (Lipinski definition) is 0. The number of carbonyl (C=O) groups is 1. The normalized spacial score (nSPS) is 20.5. The summed E-state index contributed by atoms with van der Waals surface area (Å²) in [6, 6.07) is 0. The number of aromatic nitrogens is 2. The van der Waals surface area contributed by atoms with Crippen LogP contribution in [0.4, 0.5) is 0 Å². The van der Waals surface area contributed by atoms with Gasteiger partial charge < -0.3 is 13.9 Å². The van der Waals surface area contributed by atoms with E-state index in [0.29, 0.717) is 5.92 Å². The van der Waals surface area contributed by atoms with Crippen molar-refractivity contribution in [1.82, 2.24) is 14.5 Å². The molecule has 24 heavy (non-hydrogen) atoms. The third-order valence-corrected chi connectivity index (χ3v) is 5.43. The summed E-state index contributed by atoms with van der Waals surface area (Å²) < 4.78 is 7.98. The molecule has 1 aliphatic heterocycles. The second-order valence-electron chi connectivity index (χ2n) is 7.23. The van der Waals surface area contributed by atoms with Crippen LogP contribution in [0.1, 0.15) is 64.1 Å². The first-order chi connectivity index (χ1) is 11.5. The van der Waals surface area contributed by atoms with Gasteiger partial charge in [-0.15, -0.1) is 0 Å². The minimum absolute atomic E-state index is 0.146. The Morgan fingerprint density at radius 1 is 1.29 bits per heavy atom. The largest absolute Gasteiger partial charge is 0.465 e. The Kier molecular flexibility index (Phi) is 3.74. The Balaban J connectivity index is 1.56. The van der Waals surface area contributed by atoms with E-state index in [1.165, 1.54) is 5.56 Å². The summed E-state index contributed by atoms with van der Waals surface area (Å²) in [5.41, 5.74) is 3.04. The molecule has 1 fully saturated rings. The molecule has 5 nitrogen and oxygen atoms in total. The molecule has 2 aromatic rings. The van der Waals surface area contributed by atoms with E-state index in [0.717, 1.165) is 73.8 Å². The van der Waals surface area contributed by atoms with Crippen LogP contribution < -0.4 is 0 Å². The second-order valence-corrected chi connectivity index (χ2v) is 7.23. The molecule has 0 unspecified atom stereocenters. The quantitative estimate of drug-likeness (QED) is 0.851. The van der Waals surface area contributed by atoms with Gasteiger partial charge in [-0.2, -0.15) is 0 Å². The Hall–Kier alpha value is -2.04. The Labute approximate surface area is 142 Å². The highest BCUT2D eigenvalue weighted by Crippen LogP contribution is 2.33. The number of fused-ring (bicyclic) bond motifs is 1. The van der Waals surface area contributed by atoms with Crippen molar-refractivity contribution in [3.63, 3.8) is 0 Å². The van der Waals surface area contributed by atoms with Crippen molar-refractivity contribution in [3.8, 4) is 0 Å². The number of nitrogens with zero attached hydrogens (tertiary/aromatic N) is 3. The van der Waals surface area contributed by atoms with Crippen LogP contribution in [-0.4, -0.2) is 33.4 Å². The van der Waals surface area contributed by atoms with Crippen molar-refractivity contribution in [2.24, 2.45) is 7.05 Å². The molecule has 2 aliphatic rings. The third kappa shape index (κ3) is 2.46. The molecule has 0 bridgehead atoms. The summed E-state index contributed by atoms with van der Waals surface area (Å²) >= 11 is 0. The Morgan fingerprint density at radius 2 is 2.08 bits per heavy atom. The first-order valence-corrected chi connectivity index (χ1v) is 8.95. The maximum atomic E-state index is 13.1. The smallest absolute Gasteiger partial charge is 0.257 e. The van der Waals surface area contributed by atoms with Crippen LogP contribution in [0.3, 0.4) is 0 Å². The highest BCUT2D eigenvalue weighted by atomic mass is 16.3. The molecule has 0 N–H and O–H groups in total. The molecular formula is C19H25N3O2. The predicted molar refractivity (Wildman–Crippen MR) is 91.3 cm³/mol. The molecule has 5 heteroatoms. The van der Waals surface area contributed by atoms with Crippen LogP contribution in [0.5, 0.6) is 0 Å². The summed E-state index contributed by atoms with van der Waals surface area (Å²) in [6.45, 7) is 5.50. The van der Waals surface area contributed by atoms with E-state index in [-0.39, 0.29) is 5.91 Å². The zero-order chi connectivity index (χ0) is 16.8. The van der Waals surface area contributed by atoms with Gasteiger partial charge in [0.05, 0.1) is 11.3 Å². The molecule has 0 saturated carbocycles. The minimum atomic E-state index is 0.146. The highest BCUT2D eigenvalue weighted by molar-refractivity contribution is 5.97. The maximum Gasteiger partial charge on any atom is 0.257 e. The van der Waals surface area contributed by atoms with Crippen LogP contribution in [0.15, 0.2) is 10.6 Å². The SMILES string of the molecule is Cc1cn(C)c([C@@H]2CCN(C(=O)c3c(C)oc4c3CCCC4)C2)n1. The monoisotopic (exact) mass is 327 g/mol. The number of carbonyl (C=O) groups excluding carboxylic acids is 1. The topological polar surface area (TPSA) is 51.3 Å². The summed E-state index contributed by atoms with van der Waals surface area (Å²) in [4.78, 5) is 19.7.